The Balaban J connectivity index is 2.19. The maximum absolute atomic E-state index is 4.39. The number of nitrogens with zero attached hydrogens (tertiary/aromatic N) is 1. The van der Waals surface area contributed by atoms with Crippen LogP contribution in [0, 0.1) is 11.8 Å². The van der Waals surface area contributed by atoms with Gasteiger partial charge >= 0.3 is 0 Å². The van der Waals surface area contributed by atoms with Crippen LogP contribution in [0.25, 0.3) is 0 Å². The van der Waals surface area contributed by atoms with Gasteiger partial charge in [-0.2, -0.15) is 0 Å². The van der Waals surface area contributed by atoms with Crippen LogP contribution in [0.3, 0.4) is 0 Å². The van der Waals surface area contributed by atoms with Crippen molar-refractivity contribution in [2.45, 2.75) is 39.0 Å². The fraction of sp³-hybridized carbons (Fsp3) is 0.727. The molecule has 0 aliphatic heterocycles. The van der Waals surface area contributed by atoms with Crippen molar-refractivity contribution in [3.63, 3.8) is 0 Å². The lowest BCUT2D eigenvalue weighted by atomic mass is 9.73. The molecule has 0 aromatic carbocycles. The first-order valence-corrected chi connectivity index (χ1v) is 5.28. The molecule has 1 aromatic heterocycles. The molecule has 1 N–H and O–H groups in total. The number of H-pyrrole nitrogens is 1. The van der Waals surface area contributed by atoms with E-state index < -0.39 is 0 Å². The van der Waals surface area contributed by atoms with Crippen LogP contribution in [0.15, 0.2) is 12.4 Å². The van der Waals surface area contributed by atoms with E-state index >= 15 is 0 Å². The summed E-state index contributed by atoms with van der Waals surface area (Å²) >= 11 is 0. The van der Waals surface area contributed by atoms with Crippen LogP contribution in [0.2, 0.25) is 0 Å². The lowest BCUT2D eigenvalue weighted by molar-refractivity contribution is 0.241. The fourth-order valence-corrected chi connectivity index (χ4v) is 2.68. The van der Waals surface area contributed by atoms with Crippen molar-refractivity contribution in [2.24, 2.45) is 11.8 Å². The van der Waals surface area contributed by atoms with Crippen molar-refractivity contribution in [1.82, 2.24) is 9.97 Å². The van der Waals surface area contributed by atoms with Crippen LogP contribution < -0.4 is 0 Å². The molecule has 0 radical (unpaired) electrons. The molecule has 2 heteroatoms. The van der Waals surface area contributed by atoms with Gasteiger partial charge in [0.2, 0.25) is 0 Å². The highest BCUT2D eigenvalue weighted by Crippen LogP contribution is 2.39. The van der Waals surface area contributed by atoms with Gasteiger partial charge in [0.25, 0.3) is 0 Å². The quantitative estimate of drug-likeness (QED) is 0.703. The van der Waals surface area contributed by atoms with Crippen molar-refractivity contribution >= 4 is 0 Å². The van der Waals surface area contributed by atoms with Gasteiger partial charge in [0, 0.05) is 18.3 Å². The van der Waals surface area contributed by atoms with E-state index in [0.29, 0.717) is 5.92 Å². The van der Waals surface area contributed by atoms with Crippen molar-refractivity contribution in [2.75, 3.05) is 0 Å². The molecule has 1 aliphatic carbocycles. The summed E-state index contributed by atoms with van der Waals surface area (Å²) in [5.74, 6) is 3.42. The zero-order chi connectivity index (χ0) is 9.26. The van der Waals surface area contributed by atoms with Crippen molar-refractivity contribution in [3.05, 3.63) is 18.2 Å². The zero-order valence-corrected chi connectivity index (χ0v) is 8.46. The third-order valence-electron chi connectivity index (χ3n) is 3.38. The average Bonchev–Trinajstić information content (AvgIpc) is 2.57. The number of imidazole rings is 1. The van der Waals surface area contributed by atoms with E-state index in [4.69, 9.17) is 0 Å². The van der Waals surface area contributed by atoms with Crippen LogP contribution in [0.5, 0.6) is 0 Å². The molecule has 1 saturated carbocycles. The summed E-state index contributed by atoms with van der Waals surface area (Å²) in [6, 6.07) is 0. The van der Waals surface area contributed by atoms with Crippen LogP contribution in [0.1, 0.15) is 44.9 Å². The molecule has 72 valence electrons. The summed E-state index contributed by atoms with van der Waals surface area (Å²) in [4.78, 5) is 7.64. The third-order valence-corrected chi connectivity index (χ3v) is 3.38. The van der Waals surface area contributed by atoms with E-state index in [9.17, 15) is 0 Å². The Kier molecular flexibility index (Phi) is 2.38. The first kappa shape index (κ1) is 8.79. The Hall–Kier alpha value is -0.790. The molecule has 0 bridgehead atoms. The molecular weight excluding hydrogens is 160 g/mol. The molecule has 2 rings (SSSR count). The normalized spacial score (nSPS) is 34.8. The molecule has 2 nitrogen and oxygen atoms in total. The molecule has 0 amide bonds. The van der Waals surface area contributed by atoms with E-state index in [1.807, 2.05) is 12.4 Å². The van der Waals surface area contributed by atoms with Gasteiger partial charge in [0.1, 0.15) is 5.82 Å². The predicted octanol–water partition coefficient (Wildman–Crippen LogP) is 2.95. The largest absolute Gasteiger partial charge is 0.348 e. The Morgan fingerprint density at radius 1 is 1.31 bits per heavy atom. The van der Waals surface area contributed by atoms with Crippen LogP contribution in [0.4, 0.5) is 0 Å². The Bertz CT molecular complexity index is 243. The molecular formula is C11H18N2. The first-order valence-electron chi connectivity index (χ1n) is 5.28. The summed E-state index contributed by atoms with van der Waals surface area (Å²) in [5, 5.41) is 0. The second-order valence-corrected chi connectivity index (χ2v) is 4.39. The van der Waals surface area contributed by atoms with Gasteiger partial charge in [-0.1, -0.05) is 20.3 Å². The van der Waals surface area contributed by atoms with E-state index in [1.165, 1.54) is 25.1 Å². The topological polar surface area (TPSA) is 28.7 Å². The van der Waals surface area contributed by atoms with Gasteiger partial charge in [-0.3, -0.25) is 0 Å². The SMILES string of the molecule is CC1CCCC(C)C1c1ncc[nH]1. The monoisotopic (exact) mass is 178 g/mol. The Morgan fingerprint density at radius 2 is 2.00 bits per heavy atom. The second-order valence-electron chi connectivity index (χ2n) is 4.39. The highest BCUT2D eigenvalue weighted by atomic mass is 14.9. The van der Waals surface area contributed by atoms with Gasteiger partial charge in [-0.25, -0.2) is 4.98 Å². The van der Waals surface area contributed by atoms with Gasteiger partial charge in [-0.15, -0.1) is 0 Å². The van der Waals surface area contributed by atoms with Gasteiger partial charge < -0.3 is 4.98 Å². The van der Waals surface area contributed by atoms with E-state index in [-0.39, 0.29) is 0 Å². The maximum Gasteiger partial charge on any atom is 0.109 e. The summed E-state index contributed by atoms with van der Waals surface area (Å²) in [6.07, 6.45) is 7.90. The number of nitrogens with one attached hydrogen (secondary N) is 1. The summed E-state index contributed by atoms with van der Waals surface area (Å²) in [6.45, 7) is 4.70. The highest BCUT2D eigenvalue weighted by molar-refractivity contribution is 5.02. The number of aromatic amines is 1. The van der Waals surface area contributed by atoms with Crippen LogP contribution >= 0.6 is 0 Å². The van der Waals surface area contributed by atoms with E-state index in [2.05, 4.69) is 23.8 Å². The summed E-state index contributed by atoms with van der Waals surface area (Å²) < 4.78 is 0. The molecule has 1 heterocycles. The molecule has 1 aromatic rings. The number of hydrogen-bond acceptors (Lipinski definition) is 1. The smallest absolute Gasteiger partial charge is 0.109 e. The Morgan fingerprint density at radius 3 is 2.54 bits per heavy atom. The lowest BCUT2D eigenvalue weighted by Crippen LogP contribution is -2.23. The minimum Gasteiger partial charge on any atom is -0.348 e. The first-order chi connectivity index (χ1) is 6.29. The third kappa shape index (κ3) is 1.62. The number of rotatable bonds is 1. The van der Waals surface area contributed by atoms with Crippen molar-refractivity contribution in [1.29, 1.82) is 0 Å². The molecule has 2 atom stereocenters. The second kappa shape index (κ2) is 3.52. The Labute approximate surface area is 79.8 Å². The van der Waals surface area contributed by atoms with E-state index in [0.717, 1.165) is 11.8 Å². The molecule has 1 aliphatic rings. The molecule has 0 spiro atoms. The van der Waals surface area contributed by atoms with E-state index in [1.54, 1.807) is 0 Å². The fourth-order valence-electron chi connectivity index (χ4n) is 2.68. The summed E-state index contributed by atoms with van der Waals surface area (Å²) in [5.41, 5.74) is 0. The van der Waals surface area contributed by atoms with Crippen LogP contribution in [-0.2, 0) is 0 Å². The van der Waals surface area contributed by atoms with Crippen molar-refractivity contribution < 1.29 is 0 Å². The van der Waals surface area contributed by atoms with Crippen LogP contribution in [-0.4, -0.2) is 9.97 Å². The highest BCUT2D eigenvalue weighted by Gasteiger charge is 2.30. The minimum atomic E-state index is 0.656. The molecule has 0 saturated heterocycles. The van der Waals surface area contributed by atoms with Gasteiger partial charge in [-0.05, 0) is 24.7 Å². The van der Waals surface area contributed by atoms with Gasteiger partial charge in [0.15, 0.2) is 0 Å². The number of aromatic nitrogens is 2. The predicted molar refractivity (Wildman–Crippen MR) is 53.5 cm³/mol. The summed E-state index contributed by atoms with van der Waals surface area (Å²) in [7, 11) is 0. The van der Waals surface area contributed by atoms with Crippen molar-refractivity contribution in [3.8, 4) is 0 Å². The molecule has 13 heavy (non-hydrogen) atoms. The lowest BCUT2D eigenvalue weighted by Gasteiger charge is -2.33. The molecule has 1 fully saturated rings. The maximum atomic E-state index is 4.39. The average molecular weight is 178 g/mol. The number of hydrogen-bond donors (Lipinski definition) is 1. The molecule has 2 unspecified atom stereocenters. The van der Waals surface area contributed by atoms with Gasteiger partial charge in [0.05, 0.1) is 0 Å². The zero-order valence-electron chi connectivity index (χ0n) is 8.46. The minimum absolute atomic E-state index is 0.656. The standard InChI is InChI=1S/C11H18N2/c1-8-4-3-5-9(2)10(8)11-12-6-7-13-11/h6-10H,3-5H2,1-2H3,(H,12,13).